The lowest BCUT2D eigenvalue weighted by atomic mass is 10.3. The molecule has 1 aromatic heterocycles. The highest BCUT2D eigenvalue weighted by molar-refractivity contribution is 7.97. The molecule has 0 spiro atoms. The SMILES string of the molecule is CN(C)Sc1ccccc1NCc1cccs1. The van der Waals surface area contributed by atoms with E-state index in [4.69, 9.17) is 0 Å². The minimum absolute atomic E-state index is 0.892. The maximum absolute atomic E-state index is 3.48. The molecule has 0 radical (unpaired) electrons. The second-order valence-electron chi connectivity index (χ2n) is 3.83. The van der Waals surface area contributed by atoms with Crippen LogP contribution < -0.4 is 5.32 Å². The van der Waals surface area contributed by atoms with Crippen LogP contribution in [0.4, 0.5) is 5.69 Å². The van der Waals surface area contributed by atoms with Crippen molar-refractivity contribution >= 4 is 29.0 Å². The number of anilines is 1. The molecule has 90 valence electrons. The van der Waals surface area contributed by atoms with Crippen molar-refractivity contribution in [3.05, 3.63) is 46.7 Å². The molecule has 0 amide bonds. The van der Waals surface area contributed by atoms with Crippen molar-refractivity contribution in [1.29, 1.82) is 0 Å². The molecule has 2 aromatic rings. The van der Waals surface area contributed by atoms with Crippen LogP contribution >= 0.6 is 23.3 Å². The Hall–Kier alpha value is -0.970. The van der Waals surface area contributed by atoms with Crippen molar-refractivity contribution in [2.24, 2.45) is 0 Å². The normalized spacial score (nSPS) is 10.8. The summed E-state index contributed by atoms with van der Waals surface area (Å²) in [6.07, 6.45) is 0. The number of nitrogens with zero attached hydrogens (tertiary/aromatic N) is 1. The van der Waals surface area contributed by atoms with Crippen molar-refractivity contribution in [2.75, 3.05) is 19.4 Å². The van der Waals surface area contributed by atoms with Crippen molar-refractivity contribution < 1.29 is 0 Å². The lowest BCUT2D eigenvalue weighted by Gasteiger charge is -2.14. The third-order valence-corrected chi connectivity index (χ3v) is 4.00. The summed E-state index contributed by atoms with van der Waals surface area (Å²) in [5.41, 5.74) is 1.19. The zero-order valence-corrected chi connectivity index (χ0v) is 11.6. The highest BCUT2D eigenvalue weighted by Crippen LogP contribution is 2.28. The van der Waals surface area contributed by atoms with Gasteiger partial charge in [-0.1, -0.05) is 18.2 Å². The Kier molecular flexibility index (Phi) is 4.48. The van der Waals surface area contributed by atoms with Crippen LogP contribution in [0, 0.1) is 0 Å². The quantitative estimate of drug-likeness (QED) is 0.824. The lowest BCUT2D eigenvalue weighted by Crippen LogP contribution is -2.03. The first-order valence-electron chi connectivity index (χ1n) is 5.46. The summed E-state index contributed by atoms with van der Waals surface area (Å²) in [4.78, 5) is 2.61. The molecule has 0 bridgehead atoms. The number of hydrogen-bond donors (Lipinski definition) is 1. The van der Waals surface area contributed by atoms with Crippen LogP contribution in [0.15, 0.2) is 46.7 Å². The maximum Gasteiger partial charge on any atom is 0.0494 e. The van der Waals surface area contributed by atoms with Gasteiger partial charge in [0.25, 0.3) is 0 Å². The van der Waals surface area contributed by atoms with Gasteiger partial charge in [0.2, 0.25) is 0 Å². The first-order valence-corrected chi connectivity index (χ1v) is 7.11. The molecule has 0 aliphatic rings. The molecular formula is C13H16N2S2. The van der Waals surface area contributed by atoms with Crippen LogP contribution in [0.25, 0.3) is 0 Å². The molecule has 2 rings (SSSR count). The highest BCUT2D eigenvalue weighted by atomic mass is 32.2. The topological polar surface area (TPSA) is 15.3 Å². The van der Waals surface area contributed by atoms with E-state index in [9.17, 15) is 0 Å². The van der Waals surface area contributed by atoms with E-state index >= 15 is 0 Å². The molecule has 0 unspecified atom stereocenters. The standard InChI is InChI=1S/C13H16N2S2/c1-15(2)17-13-8-4-3-7-12(13)14-10-11-6-5-9-16-11/h3-9,14H,10H2,1-2H3. The second kappa shape index (κ2) is 6.10. The molecule has 0 atom stereocenters. The van der Waals surface area contributed by atoms with Gasteiger partial charge in [-0.2, -0.15) is 0 Å². The van der Waals surface area contributed by atoms with E-state index in [0.717, 1.165) is 6.54 Å². The average Bonchev–Trinajstić information content (AvgIpc) is 2.80. The number of rotatable bonds is 5. The van der Waals surface area contributed by atoms with Gasteiger partial charge in [-0.05, 0) is 49.6 Å². The molecule has 17 heavy (non-hydrogen) atoms. The summed E-state index contributed by atoms with van der Waals surface area (Å²) in [5, 5.41) is 5.59. The monoisotopic (exact) mass is 264 g/mol. The number of hydrogen-bond acceptors (Lipinski definition) is 4. The molecule has 1 aromatic carbocycles. The minimum Gasteiger partial charge on any atom is -0.379 e. The summed E-state index contributed by atoms with van der Waals surface area (Å²) in [6, 6.07) is 12.6. The van der Waals surface area contributed by atoms with Gasteiger partial charge in [0.1, 0.15) is 0 Å². The van der Waals surface area contributed by atoms with Crippen molar-refractivity contribution in [3.8, 4) is 0 Å². The Bertz CT molecular complexity index is 452. The van der Waals surface area contributed by atoms with Gasteiger partial charge in [0.05, 0.1) is 0 Å². The van der Waals surface area contributed by atoms with E-state index in [2.05, 4.69) is 65.5 Å². The summed E-state index contributed by atoms with van der Waals surface area (Å²) in [5.74, 6) is 0. The minimum atomic E-state index is 0.892. The summed E-state index contributed by atoms with van der Waals surface area (Å²) >= 11 is 3.52. The fourth-order valence-corrected chi connectivity index (χ4v) is 2.90. The molecule has 0 aliphatic heterocycles. The Morgan fingerprint density at radius 3 is 2.71 bits per heavy atom. The Labute approximate surface area is 111 Å². The molecular weight excluding hydrogens is 248 g/mol. The van der Waals surface area contributed by atoms with E-state index in [1.165, 1.54) is 15.5 Å². The average molecular weight is 264 g/mol. The zero-order valence-electron chi connectivity index (χ0n) is 10.0. The van der Waals surface area contributed by atoms with E-state index in [1.54, 1.807) is 23.3 Å². The van der Waals surface area contributed by atoms with Crippen LogP contribution in [0.2, 0.25) is 0 Å². The summed E-state index contributed by atoms with van der Waals surface area (Å²) in [6.45, 7) is 0.892. The molecule has 2 nitrogen and oxygen atoms in total. The van der Waals surface area contributed by atoms with E-state index in [-0.39, 0.29) is 0 Å². The fraction of sp³-hybridized carbons (Fsp3) is 0.231. The Balaban J connectivity index is 2.04. The van der Waals surface area contributed by atoms with Crippen molar-refractivity contribution in [1.82, 2.24) is 4.31 Å². The zero-order chi connectivity index (χ0) is 12.1. The number of nitrogens with one attached hydrogen (secondary N) is 1. The molecule has 0 saturated carbocycles. The van der Waals surface area contributed by atoms with Gasteiger partial charge < -0.3 is 5.32 Å². The first kappa shape index (κ1) is 12.5. The van der Waals surface area contributed by atoms with E-state index in [0.29, 0.717) is 0 Å². The third-order valence-electron chi connectivity index (χ3n) is 2.20. The van der Waals surface area contributed by atoms with Crippen LogP contribution in [0.5, 0.6) is 0 Å². The van der Waals surface area contributed by atoms with Gasteiger partial charge >= 0.3 is 0 Å². The summed E-state index contributed by atoms with van der Waals surface area (Å²) in [7, 11) is 4.11. The fourth-order valence-electron chi connectivity index (χ4n) is 1.48. The molecule has 0 saturated heterocycles. The van der Waals surface area contributed by atoms with Crippen LogP contribution in [0.3, 0.4) is 0 Å². The number of thiophene rings is 1. The molecule has 0 fully saturated rings. The summed E-state index contributed by atoms with van der Waals surface area (Å²) < 4.78 is 2.10. The number of para-hydroxylation sites is 1. The van der Waals surface area contributed by atoms with Gasteiger partial charge in [-0.3, -0.25) is 4.31 Å². The second-order valence-corrected chi connectivity index (χ2v) is 6.22. The Morgan fingerprint density at radius 1 is 1.18 bits per heavy atom. The van der Waals surface area contributed by atoms with Crippen molar-refractivity contribution in [3.63, 3.8) is 0 Å². The van der Waals surface area contributed by atoms with E-state index < -0.39 is 0 Å². The molecule has 1 N–H and O–H groups in total. The van der Waals surface area contributed by atoms with Crippen molar-refractivity contribution in [2.45, 2.75) is 11.4 Å². The smallest absolute Gasteiger partial charge is 0.0494 e. The highest BCUT2D eigenvalue weighted by Gasteiger charge is 2.03. The molecule has 4 heteroatoms. The van der Waals surface area contributed by atoms with Gasteiger partial charge in [0, 0.05) is 22.0 Å². The predicted octanol–water partition coefficient (Wildman–Crippen LogP) is 3.93. The third kappa shape index (κ3) is 3.77. The van der Waals surface area contributed by atoms with E-state index in [1.807, 2.05) is 0 Å². The number of benzene rings is 1. The van der Waals surface area contributed by atoms with Gasteiger partial charge in [-0.15, -0.1) is 11.3 Å². The molecule has 0 aliphatic carbocycles. The maximum atomic E-state index is 3.48. The first-order chi connectivity index (χ1) is 8.25. The predicted molar refractivity (Wildman–Crippen MR) is 77.6 cm³/mol. The largest absolute Gasteiger partial charge is 0.379 e. The van der Waals surface area contributed by atoms with Crippen LogP contribution in [0.1, 0.15) is 4.88 Å². The van der Waals surface area contributed by atoms with Gasteiger partial charge in [0.15, 0.2) is 0 Å². The van der Waals surface area contributed by atoms with Gasteiger partial charge in [-0.25, -0.2) is 0 Å². The lowest BCUT2D eigenvalue weighted by molar-refractivity contribution is 0.703. The van der Waals surface area contributed by atoms with Crippen LogP contribution in [-0.4, -0.2) is 18.4 Å². The Morgan fingerprint density at radius 2 is 2.00 bits per heavy atom. The molecule has 1 heterocycles. The van der Waals surface area contributed by atoms with Crippen LogP contribution in [-0.2, 0) is 6.54 Å².